The van der Waals surface area contributed by atoms with Crippen molar-refractivity contribution in [2.75, 3.05) is 55.0 Å². The fraction of sp³-hybridized carbons (Fsp3) is 0.409. The molecule has 3 heterocycles. The minimum Gasteiger partial charge on any atom is -0.494 e. The molecule has 32 heavy (non-hydrogen) atoms. The van der Waals surface area contributed by atoms with Gasteiger partial charge in [0.2, 0.25) is 11.8 Å². The number of methoxy groups -OCH3 is 1. The van der Waals surface area contributed by atoms with Crippen molar-refractivity contribution in [3.8, 4) is 5.75 Å². The van der Waals surface area contributed by atoms with Gasteiger partial charge >= 0.3 is 6.09 Å². The number of hydrogen-bond acceptors (Lipinski definition) is 7. The Labute approximate surface area is 190 Å². The fourth-order valence-electron chi connectivity index (χ4n) is 3.84. The second-order valence-electron chi connectivity index (χ2n) is 7.75. The third-order valence-electron chi connectivity index (χ3n) is 5.55. The Kier molecular flexibility index (Phi) is 6.22. The van der Waals surface area contributed by atoms with Crippen LogP contribution in [0.25, 0.3) is 0 Å². The van der Waals surface area contributed by atoms with Crippen LogP contribution in [-0.2, 0) is 14.3 Å². The van der Waals surface area contributed by atoms with Crippen LogP contribution in [0.2, 0.25) is 0 Å². The molecule has 1 aromatic heterocycles. The zero-order chi connectivity index (χ0) is 22.8. The van der Waals surface area contributed by atoms with Crippen molar-refractivity contribution >= 4 is 45.6 Å². The molecule has 2 aromatic rings. The average molecular weight is 459 g/mol. The molecule has 0 bridgehead atoms. The summed E-state index contributed by atoms with van der Waals surface area (Å²) in [6, 6.07) is 9.33. The van der Waals surface area contributed by atoms with Crippen molar-refractivity contribution in [2.45, 2.75) is 20.0 Å². The minimum atomic E-state index is -0.434. The van der Waals surface area contributed by atoms with E-state index in [0.29, 0.717) is 43.3 Å². The Balaban J connectivity index is 1.45. The number of benzene rings is 1. The second-order valence-corrected chi connectivity index (χ2v) is 9.04. The summed E-state index contributed by atoms with van der Waals surface area (Å²) in [5.41, 5.74) is 1.25. The van der Waals surface area contributed by atoms with E-state index in [4.69, 9.17) is 9.47 Å². The summed E-state index contributed by atoms with van der Waals surface area (Å²) in [4.78, 5) is 42.5. The van der Waals surface area contributed by atoms with E-state index >= 15 is 0 Å². The Bertz CT molecular complexity index is 1040. The molecule has 170 valence electrons. The first-order valence-corrected chi connectivity index (χ1v) is 11.2. The monoisotopic (exact) mass is 458 g/mol. The number of ether oxygens (including phenoxy) is 2. The molecule has 1 N–H and O–H groups in total. The molecule has 10 heteroatoms. The standard InChI is InChI=1S/C22H26N4O5S/c1-14-4-7-20(32-14)23-11-17-12-26(22(29)31-17)18-6-5-16(10-19(18)30-3)25-9-8-24(15(2)27)13-21(25)28/h4-7,10,17,23H,8-9,11-13H2,1-3H3/t17-/m0/s1. The highest BCUT2D eigenvalue weighted by molar-refractivity contribution is 7.16. The van der Waals surface area contributed by atoms with Crippen LogP contribution in [0.4, 0.5) is 21.2 Å². The van der Waals surface area contributed by atoms with Gasteiger partial charge < -0.3 is 24.6 Å². The van der Waals surface area contributed by atoms with Gasteiger partial charge in [0, 0.05) is 36.6 Å². The van der Waals surface area contributed by atoms with Gasteiger partial charge in [-0.25, -0.2) is 4.79 Å². The van der Waals surface area contributed by atoms with Crippen LogP contribution in [0.5, 0.6) is 5.75 Å². The predicted octanol–water partition coefficient (Wildman–Crippen LogP) is 2.70. The van der Waals surface area contributed by atoms with Crippen LogP contribution in [-0.4, -0.2) is 68.7 Å². The third-order valence-corrected chi connectivity index (χ3v) is 6.51. The molecular weight excluding hydrogens is 432 g/mol. The highest BCUT2D eigenvalue weighted by Gasteiger charge is 2.34. The van der Waals surface area contributed by atoms with Crippen LogP contribution >= 0.6 is 11.3 Å². The maximum absolute atomic E-state index is 12.5. The Morgan fingerprint density at radius 2 is 2.03 bits per heavy atom. The third kappa shape index (κ3) is 4.50. The number of anilines is 3. The molecule has 3 amide bonds. The Hall–Kier alpha value is -3.27. The van der Waals surface area contributed by atoms with Crippen LogP contribution < -0.4 is 19.9 Å². The van der Waals surface area contributed by atoms with Crippen LogP contribution in [0.1, 0.15) is 11.8 Å². The van der Waals surface area contributed by atoms with Gasteiger partial charge in [-0.05, 0) is 31.2 Å². The summed E-state index contributed by atoms with van der Waals surface area (Å²) in [6.07, 6.45) is -0.730. The number of cyclic esters (lactones) is 1. The number of rotatable bonds is 6. The molecule has 2 fully saturated rings. The van der Waals surface area contributed by atoms with Crippen molar-refractivity contribution < 1.29 is 23.9 Å². The van der Waals surface area contributed by atoms with Crippen molar-refractivity contribution in [3.63, 3.8) is 0 Å². The number of amides is 3. The van der Waals surface area contributed by atoms with E-state index in [1.807, 2.05) is 19.1 Å². The van der Waals surface area contributed by atoms with Gasteiger partial charge in [0.1, 0.15) is 18.4 Å². The van der Waals surface area contributed by atoms with Crippen molar-refractivity contribution in [2.24, 2.45) is 0 Å². The molecule has 0 spiro atoms. The van der Waals surface area contributed by atoms with E-state index in [-0.39, 0.29) is 24.5 Å². The number of thiophene rings is 1. The summed E-state index contributed by atoms with van der Waals surface area (Å²) >= 11 is 1.65. The number of aryl methyl sites for hydroxylation is 1. The number of nitrogens with one attached hydrogen (secondary N) is 1. The molecule has 0 aliphatic carbocycles. The molecule has 1 atom stereocenters. The molecule has 4 rings (SSSR count). The predicted molar refractivity (Wildman–Crippen MR) is 123 cm³/mol. The molecular formula is C22H26N4O5S. The largest absolute Gasteiger partial charge is 0.494 e. The molecule has 2 aliphatic rings. The van der Waals surface area contributed by atoms with Gasteiger partial charge in [-0.3, -0.25) is 14.5 Å². The summed E-state index contributed by atoms with van der Waals surface area (Å²) in [7, 11) is 1.53. The first-order chi connectivity index (χ1) is 15.4. The number of piperazine rings is 1. The maximum atomic E-state index is 12.5. The number of carbonyl (C=O) groups is 3. The smallest absolute Gasteiger partial charge is 0.414 e. The van der Waals surface area contributed by atoms with Crippen molar-refractivity contribution in [1.82, 2.24) is 4.90 Å². The van der Waals surface area contributed by atoms with Gasteiger partial charge in [0.15, 0.2) is 0 Å². The first-order valence-electron chi connectivity index (χ1n) is 10.4. The lowest BCUT2D eigenvalue weighted by atomic mass is 10.2. The van der Waals surface area contributed by atoms with Gasteiger partial charge in [0.05, 0.1) is 30.9 Å². The van der Waals surface area contributed by atoms with Crippen LogP contribution in [0.15, 0.2) is 30.3 Å². The lowest BCUT2D eigenvalue weighted by Crippen LogP contribution is -2.51. The van der Waals surface area contributed by atoms with E-state index in [1.165, 1.54) is 23.8 Å². The normalized spacial score (nSPS) is 18.7. The summed E-state index contributed by atoms with van der Waals surface area (Å²) in [5, 5.41) is 4.34. The zero-order valence-electron chi connectivity index (χ0n) is 18.3. The fourth-order valence-corrected chi connectivity index (χ4v) is 4.62. The lowest BCUT2D eigenvalue weighted by molar-refractivity contribution is -0.135. The molecule has 2 aliphatic heterocycles. The van der Waals surface area contributed by atoms with Crippen LogP contribution in [0, 0.1) is 6.92 Å². The number of nitrogens with zero attached hydrogens (tertiary/aromatic N) is 3. The maximum Gasteiger partial charge on any atom is 0.414 e. The summed E-state index contributed by atoms with van der Waals surface area (Å²) in [5.74, 6) is 0.206. The second kappa shape index (κ2) is 9.07. The topological polar surface area (TPSA) is 91.4 Å². The first kappa shape index (κ1) is 21.9. The van der Waals surface area contributed by atoms with E-state index in [1.54, 1.807) is 39.3 Å². The molecule has 0 saturated carbocycles. The van der Waals surface area contributed by atoms with E-state index < -0.39 is 6.09 Å². The van der Waals surface area contributed by atoms with Crippen molar-refractivity contribution in [1.29, 1.82) is 0 Å². The quantitative estimate of drug-likeness (QED) is 0.716. The van der Waals surface area contributed by atoms with E-state index in [0.717, 1.165) is 5.00 Å². The Morgan fingerprint density at radius 3 is 2.69 bits per heavy atom. The average Bonchev–Trinajstić information content (AvgIpc) is 3.36. The molecule has 2 saturated heterocycles. The summed E-state index contributed by atoms with van der Waals surface area (Å²) < 4.78 is 11.1. The SMILES string of the molecule is COc1cc(N2CCN(C(C)=O)CC2=O)ccc1N1C[C@H](CNc2ccc(C)s2)OC1=O. The molecule has 0 radical (unpaired) electrons. The highest BCUT2D eigenvalue weighted by Crippen LogP contribution is 2.35. The molecule has 9 nitrogen and oxygen atoms in total. The highest BCUT2D eigenvalue weighted by atomic mass is 32.1. The molecule has 1 aromatic carbocycles. The van der Waals surface area contributed by atoms with Gasteiger partial charge in [-0.15, -0.1) is 11.3 Å². The Morgan fingerprint density at radius 1 is 1.22 bits per heavy atom. The number of hydrogen-bond donors (Lipinski definition) is 1. The van der Waals surface area contributed by atoms with E-state index in [2.05, 4.69) is 5.32 Å². The van der Waals surface area contributed by atoms with E-state index in [9.17, 15) is 14.4 Å². The van der Waals surface area contributed by atoms with Gasteiger partial charge in [-0.2, -0.15) is 0 Å². The lowest BCUT2D eigenvalue weighted by Gasteiger charge is -2.34. The zero-order valence-corrected chi connectivity index (χ0v) is 19.1. The van der Waals surface area contributed by atoms with Gasteiger partial charge in [0.25, 0.3) is 0 Å². The summed E-state index contributed by atoms with van der Waals surface area (Å²) in [6.45, 7) is 5.33. The molecule has 0 unspecified atom stereocenters. The van der Waals surface area contributed by atoms with Crippen LogP contribution in [0.3, 0.4) is 0 Å². The minimum absolute atomic E-state index is 0.0519. The van der Waals surface area contributed by atoms with Crippen molar-refractivity contribution in [3.05, 3.63) is 35.2 Å². The number of carbonyl (C=O) groups excluding carboxylic acids is 3. The van der Waals surface area contributed by atoms with Gasteiger partial charge in [-0.1, -0.05) is 0 Å².